The Morgan fingerprint density at radius 3 is 2.73 bits per heavy atom. The Morgan fingerprint density at radius 2 is 2.00 bits per heavy atom. The predicted molar refractivity (Wildman–Crippen MR) is 119 cm³/mol. The van der Waals surface area contributed by atoms with Crippen molar-refractivity contribution in [3.63, 3.8) is 0 Å². The maximum Gasteiger partial charge on any atom is 0.194 e. The van der Waals surface area contributed by atoms with E-state index in [4.69, 9.17) is 4.99 Å². The normalized spacial score (nSPS) is 11.3. The van der Waals surface area contributed by atoms with Crippen LogP contribution < -0.4 is 5.32 Å². The van der Waals surface area contributed by atoms with Crippen LogP contribution in [0.4, 0.5) is 0 Å². The Balaban J connectivity index is 0.00000243. The second-order valence-electron chi connectivity index (χ2n) is 6.12. The van der Waals surface area contributed by atoms with Crippen LogP contribution in [-0.2, 0) is 20.1 Å². The molecule has 2 aromatic heterocycles. The maximum atomic E-state index is 4.80. The summed E-state index contributed by atoms with van der Waals surface area (Å²) in [6.45, 7) is 4.28. The molecule has 2 heterocycles. The smallest absolute Gasteiger partial charge is 0.194 e. The lowest BCUT2D eigenvalue weighted by Crippen LogP contribution is -2.38. The molecule has 26 heavy (non-hydrogen) atoms. The minimum Gasteiger partial charge on any atom is -0.357 e. The van der Waals surface area contributed by atoms with Gasteiger partial charge < -0.3 is 14.8 Å². The van der Waals surface area contributed by atoms with Gasteiger partial charge in [0.2, 0.25) is 0 Å². The Labute approximate surface area is 172 Å². The molecule has 1 N–H and O–H groups in total. The first-order valence-corrected chi connectivity index (χ1v) is 8.61. The average Bonchev–Trinajstić information content (AvgIpc) is 3.03. The third-order valence-electron chi connectivity index (χ3n) is 4.28. The highest BCUT2D eigenvalue weighted by Gasteiger charge is 2.09. The predicted octanol–water partition coefficient (Wildman–Crippen LogP) is 3.79. The maximum absolute atomic E-state index is 4.80. The summed E-state index contributed by atoms with van der Waals surface area (Å²) in [5.74, 6) is 0.887. The quantitative estimate of drug-likeness (QED) is 0.356. The molecule has 3 aromatic rings. The number of guanidine groups is 1. The molecule has 0 aliphatic rings. The minimum absolute atomic E-state index is 0. The van der Waals surface area contributed by atoms with Crippen molar-refractivity contribution >= 4 is 40.7 Å². The summed E-state index contributed by atoms with van der Waals surface area (Å²) in [4.78, 5) is 11.5. The van der Waals surface area contributed by atoms with Gasteiger partial charge in [0.25, 0.3) is 0 Å². The highest BCUT2D eigenvalue weighted by Crippen LogP contribution is 2.17. The van der Waals surface area contributed by atoms with Crippen molar-refractivity contribution in [2.24, 2.45) is 12.0 Å². The summed E-state index contributed by atoms with van der Waals surface area (Å²) in [5.41, 5.74) is 2.25. The molecule has 0 fully saturated rings. The fourth-order valence-corrected chi connectivity index (χ4v) is 2.91. The molecular formula is C20H26IN5. The molecule has 0 unspecified atom stereocenters. The van der Waals surface area contributed by atoms with Crippen LogP contribution in [0, 0.1) is 0 Å². The Bertz CT molecular complexity index is 866. The number of aromatic nitrogens is 2. The van der Waals surface area contributed by atoms with E-state index in [2.05, 4.69) is 71.2 Å². The first-order chi connectivity index (χ1) is 12.2. The summed E-state index contributed by atoms with van der Waals surface area (Å²) in [5, 5.41) is 5.73. The first-order valence-electron chi connectivity index (χ1n) is 8.61. The Morgan fingerprint density at radius 1 is 1.19 bits per heavy atom. The summed E-state index contributed by atoms with van der Waals surface area (Å²) in [6, 6.07) is 14.5. The molecule has 0 radical (unpaired) electrons. The summed E-state index contributed by atoms with van der Waals surface area (Å²) in [7, 11) is 4.12. The van der Waals surface area contributed by atoms with Crippen molar-refractivity contribution < 1.29 is 0 Å². The number of aryl methyl sites for hydroxylation is 1. The number of hydrogen-bond acceptors (Lipinski definition) is 2. The number of nitrogens with one attached hydrogen (secondary N) is 1. The van der Waals surface area contributed by atoms with Crippen molar-refractivity contribution in [3.8, 4) is 0 Å². The molecular weight excluding hydrogens is 437 g/mol. The zero-order valence-electron chi connectivity index (χ0n) is 15.5. The van der Waals surface area contributed by atoms with Gasteiger partial charge in [0.15, 0.2) is 5.96 Å². The lowest BCUT2D eigenvalue weighted by Gasteiger charge is -2.22. The first kappa shape index (κ1) is 20.2. The van der Waals surface area contributed by atoms with Crippen LogP contribution in [0.1, 0.15) is 18.3 Å². The van der Waals surface area contributed by atoms with Crippen LogP contribution in [0.3, 0.4) is 0 Å². The van der Waals surface area contributed by atoms with Gasteiger partial charge in [-0.05, 0) is 30.5 Å². The van der Waals surface area contributed by atoms with E-state index in [1.54, 1.807) is 0 Å². The van der Waals surface area contributed by atoms with E-state index >= 15 is 0 Å². The van der Waals surface area contributed by atoms with Crippen molar-refractivity contribution in [2.45, 2.75) is 20.0 Å². The van der Waals surface area contributed by atoms with Gasteiger partial charge in [0, 0.05) is 44.1 Å². The summed E-state index contributed by atoms with van der Waals surface area (Å²) in [6.07, 6.45) is 3.92. The Hall–Kier alpha value is -2.09. The molecule has 3 rings (SSSR count). The second-order valence-corrected chi connectivity index (χ2v) is 6.12. The molecule has 0 aliphatic carbocycles. The van der Waals surface area contributed by atoms with E-state index in [1.807, 2.05) is 24.4 Å². The number of fused-ring (bicyclic) bond motifs is 1. The molecule has 0 saturated heterocycles. The van der Waals surface area contributed by atoms with E-state index in [0.717, 1.165) is 30.1 Å². The summed E-state index contributed by atoms with van der Waals surface area (Å²) < 4.78 is 2.13. The van der Waals surface area contributed by atoms with Gasteiger partial charge in [-0.15, -0.1) is 24.0 Å². The lowest BCUT2D eigenvalue weighted by atomic mass is 10.1. The highest BCUT2D eigenvalue weighted by molar-refractivity contribution is 14.0. The van der Waals surface area contributed by atoms with Crippen LogP contribution in [0.15, 0.2) is 59.9 Å². The number of halogens is 1. The number of aliphatic imine (C=N–C) groups is 1. The zero-order chi connectivity index (χ0) is 17.6. The van der Waals surface area contributed by atoms with Crippen molar-refractivity contribution in [2.75, 3.05) is 13.6 Å². The van der Waals surface area contributed by atoms with Crippen molar-refractivity contribution in [1.82, 2.24) is 19.8 Å². The molecule has 0 bridgehead atoms. The number of pyridine rings is 1. The van der Waals surface area contributed by atoms with Gasteiger partial charge in [-0.25, -0.2) is 4.99 Å². The number of hydrogen-bond donors (Lipinski definition) is 1. The van der Waals surface area contributed by atoms with Gasteiger partial charge in [0.1, 0.15) is 0 Å². The van der Waals surface area contributed by atoms with Crippen molar-refractivity contribution in [3.05, 3.63) is 66.2 Å². The minimum atomic E-state index is 0. The molecule has 0 amide bonds. The molecule has 0 spiro atoms. The van der Waals surface area contributed by atoms with Gasteiger partial charge in [-0.2, -0.15) is 0 Å². The fraction of sp³-hybridized carbons (Fsp3) is 0.300. The van der Waals surface area contributed by atoms with E-state index in [1.165, 1.54) is 11.1 Å². The summed E-state index contributed by atoms with van der Waals surface area (Å²) >= 11 is 0. The molecule has 0 aliphatic heterocycles. The van der Waals surface area contributed by atoms with Crippen LogP contribution in [0.25, 0.3) is 10.8 Å². The topological polar surface area (TPSA) is 45.5 Å². The van der Waals surface area contributed by atoms with Crippen LogP contribution in [0.5, 0.6) is 0 Å². The van der Waals surface area contributed by atoms with E-state index < -0.39 is 0 Å². The number of rotatable bonds is 5. The van der Waals surface area contributed by atoms with E-state index in [-0.39, 0.29) is 24.0 Å². The van der Waals surface area contributed by atoms with Gasteiger partial charge >= 0.3 is 0 Å². The monoisotopic (exact) mass is 463 g/mol. The molecule has 5 nitrogen and oxygen atoms in total. The van der Waals surface area contributed by atoms with Gasteiger partial charge in [-0.1, -0.05) is 24.3 Å². The van der Waals surface area contributed by atoms with Crippen LogP contribution in [-0.4, -0.2) is 34.0 Å². The third-order valence-corrected chi connectivity index (χ3v) is 4.28. The largest absolute Gasteiger partial charge is 0.357 e. The SMILES string of the molecule is CCNC(=NCc1nccc2ccccc12)N(C)Cc1cccn1C.I. The van der Waals surface area contributed by atoms with Gasteiger partial charge in [-0.3, -0.25) is 4.98 Å². The number of benzene rings is 1. The second kappa shape index (κ2) is 9.56. The van der Waals surface area contributed by atoms with E-state index in [9.17, 15) is 0 Å². The zero-order valence-corrected chi connectivity index (χ0v) is 17.8. The standard InChI is InChI=1S/C20H25N5.HI/c1-4-21-20(25(3)15-17-9-7-13-24(17)2)23-14-19-18-10-6-5-8-16(18)11-12-22-19;/h5-13H,4,14-15H2,1-3H3,(H,21,23);1H. The third kappa shape index (κ3) is 4.75. The van der Waals surface area contributed by atoms with E-state index in [0.29, 0.717) is 6.54 Å². The molecule has 6 heteroatoms. The highest BCUT2D eigenvalue weighted by atomic mass is 127. The van der Waals surface area contributed by atoms with Crippen LogP contribution >= 0.6 is 24.0 Å². The fourth-order valence-electron chi connectivity index (χ4n) is 2.91. The number of nitrogens with zero attached hydrogens (tertiary/aromatic N) is 4. The molecule has 0 atom stereocenters. The Kier molecular flexibility index (Phi) is 7.44. The molecule has 138 valence electrons. The molecule has 1 aromatic carbocycles. The van der Waals surface area contributed by atoms with Gasteiger partial charge in [0.05, 0.1) is 18.8 Å². The van der Waals surface area contributed by atoms with Crippen molar-refractivity contribution in [1.29, 1.82) is 0 Å². The average molecular weight is 463 g/mol. The lowest BCUT2D eigenvalue weighted by molar-refractivity contribution is 0.462. The van der Waals surface area contributed by atoms with Crippen LogP contribution in [0.2, 0.25) is 0 Å². The molecule has 0 saturated carbocycles.